The van der Waals surface area contributed by atoms with E-state index < -0.39 is 0 Å². The molecule has 128 valence electrons. The number of aliphatic imine (C=N–C) groups is 1. The van der Waals surface area contributed by atoms with Gasteiger partial charge in [-0.3, -0.25) is 0 Å². The lowest BCUT2D eigenvalue weighted by Crippen LogP contribution is -2.38. The number of hydrogen-bond acceptors (Lipinski definition) is 4. The van der Waals surface area contributed by atoms with Crippen molar-refractivity contribution in [3.63, 3.8) is 0 Å². The van der Waals surface area contributed by atoms with Crippen LogP contribution in [0.25, 0.3) is 0 Å². The fourth-order valence-corrected chi connectivity index (χ4v) is 2.69. The van der Waals surface area contributed by atoms with Crippen LogP contribution in [0.15, 0.2) is 34.0 Å². The Bertz CT molecular complexity index is 568. The Morgan fingerprint density at radius 2 is 2.13 bits per heavy atom. The average Bonchev–Trinajstić information content (AvgIpc) is 3.20. The lowest BCUT2D eigenvalue weighted by molar-refractivity contribution is 0.506. The lowest BCUT2D eigenvalue weighted by Gasteiger charge is -2.11. The summed E-state index contributed by atoms with van der Waals surface area (Å²) in [5.41, 5.74) is 0. The van der Waals surface area contributed by atoms with Gasteiger partial charge in [0.2, 0.25) is 0 Å². The second-order valence-corrected chi connectivity index (χ2v) is 6.12. The summed E-state index contributed by atoms with van der Waals surface area (Å²) in [6.07, 6.45) is 6.59. The Morgan fingerprint density at radius 3 is 2.78 bits per heavy atom. The number of halogens is 1. The second-order valence-electron chi connectivity index (χ2n) is 4.92. The van der Waals surface area contributed by atoms with Crippen molar-refractivity contribution < 1.29 is 4.42 Å². The van der Waals surface area contributed by atoms with Gasteiger partial charge in [-0.2, -0.15) is 0 Å². The number of hydrogen-bond donors (Lipinski definition) is 2. The molecule has 0 unspecified atom stereocenters. The van der Waals surface area contributed by atoms with Crippen molar-refractivity contribution in [1.82, 2.24) is 15.6 Å². The summed E-state index contributed by atoms with van der Waals surface area (Å²) in [6, 6.07) is 3.90. The van der Waals surface area contributed by atoms with E-state index in [1.165, 1.54) is 4.88 Å². The minimum atomic E-state index is 0. The summed E-state index contributed by atoms with van der Waals surface area (Å²) >= 11 is 1.73. The molecule has 7 heteroatoms. The van der Waals surface area contributed by atoms with E-state index in [2.05, 4.69) is 34.5 Å². The number of nitrogens with zero attached hydrogens (tertiary/aromatic N) is 2. The summed E-state index contributed by atoms with van der Waals surface area (Å²) < 4.78 is 5.33. The molecule has 2 aromatic rings. The molecule has 2 aromatic heterocycles. The molecule has 0 saturated heterocycles. The Hall–Kier alpha value is -1.09. The number of thiazole rings is 1. The smallest absolute Gasteiger partial charge is 0.191 e. The first-order valence-electron chi connectivity index (χ1n) is 7.80. The third-order valence-electron chi connectivity index (χ3n) is 3.11. The zero-order valence-electron chi connectivity index (χ0n) is 13.7. The first-order valence-corrected chi connectivity index (χ1v) is 8.61. The zero-order chi connectivity index (χ0) is 15.6. The minimum Gasteiger partial charge on any atom is -0.469 e. The molecule has 0 aliphatic rings. The molecule has 0 aromatic carbocycles. The molecule has 23 heavy (non-hydrogen) atoms. The van der Waals surface area contributed by atoms with Crippen LogP contribution in [-0.2, 0) is 19.4 Å². The van der Waals surface area contributed by atoms with E-state index >= 15 is 0 Å². The summed E-state index contributed by atoms with van der Waals surface area (Å²) in [5.74, 6) is 1.82. The fourth-order valence-electron chi connectivity index (χ4n) is 1.91. The standard InChI is InChI=1S/C16H24N4OS.HI/c1-3-8-17-16(18-9-7-13-6-5-10-21-13)20-12-15-19-11-14(4-2)22-15;/h5-6,10-11H,3-4,7-9,12H2,1-2H3,(H2,17,18,20);1H. The Kier molecular flexibility index (Phi) is 9.93. The molecule has 0 aliphatic carbocycles. The molecule has 0 amide bonds. The molecule has 0 spiro atoms. The van der Waals surface area contributed by atoms with Gasteiger partial charge in [0.25, 0.3) is 0 Å². The Morgan fingerprint density at radius 1 is 1.30 bits per heavy atom. The molecule has 0 saturated carbocycles. The maximum Gasteiger partial charge on any atom is 0.191 e. The quantitative estimate of drug-likeness (QED) is 0.368. The SMILES string of the molecule is CCCNC(=NCc1ncc(CC)s1)NCCc1ccco1.I. The summed E-state index contributed by atoms with van der Waals surface area (Å²) in [6.45, 7) is 6.60. The maximum atomic E-state index is 5.33. The number of aryl methyl sites for hydroxylation is 1. The molecule has 0 aliphatic heterocycles. The third kappa shape index (κ3) is 7.34. The van der Waals surface area contributed by atoms with Gasteiger partial charge < -0.3 is 15.1 Å². The van der Waals surface area contributed by atoms with Crippen molar-refractivity contribution in [1.29, 1.82) is 0 Å². The van der Waals surface area contributed by atoms with Crippen molar-refractivity contribution in [2.75, 3.05) is 13.1 Å². The molecule has 2 N–H and O–H groups in total. The summed E-state index contributed by atoms with van der Waals surface area (Å²) in [5, 5.41) is 7.72. The van der Waals surface area contributed by atoms with Crippen molar-refractivity contribution in [3.8, 4) is 0 Å². The number of nitrogens with one attached hydrogen (secondary N) is 2. The van der Waals surface area contributed by atoms with Crippen molar-refractivity contribution >= 4 is 41.3 Å². The van der Waals surface area contributed by atoms with Crippen LogP contribution in [-0.4, -0.2) is 24.0 Å². The van der Waals surface area contributed by atoms with Gasteiger partial charge in [-0.15, -0.1) is 35.3 Å². The van der Waals surface area contributed by atoms with Crippen LogP contribution in [0.3, 0.4) is 0 Å². The Labute approximate surface area is 159 Å². The van der Waals surface area contributed by atoms with Gasteiger partial charge in [-0.25, -0.2) is 9.98 Å². The summed E-state index contributed by atoms with van der Waals surface area (Å²) in [4.78, 5) is 10.3. The molecular weight excluding hydrogens is 423 g/mol. The molecule has 0 atom stereocenters. The van der Waals surface area contributed by atoms with Gasteiger partial charge in [0.15, 0.2) is 5.96 Å². The van der Waals surface area contributed by atoms with Crippen LogP contribution in [0.1, 0.15) is 35.9 Å². The highest BCUT2D eigenvalue weighted by atomic mass is 127. The number of aromatic nitrogens is 1. The first kappa shape index (κ1) is 20.0. The van der Waals surface area contributed by atoms with Crippen LogP contribution in [0.5, 0.6) is 0 Å². The molecule has 0 radical (unpaired) electrons. The van der Waals surface area contributed by atoms with Crippen molar-refractivity contribution in [3.05, 3.63) is 40.2 Å². The molecular formula is C16H25IN4OS. The van der Waals surface area contributed by atoms with Crippen molar-refractivity contribution in [2.24, 2.45) is 4.99 Å². The molecule has 2 heterocycles. The van der Waals surface area contributed by atoms with Gasteiger partial charge >= 0.3 is 0 Å². The van der Waals surface area contributed by atoms with E-state index in [-0.39, 0.29) is 24.0 Å². The highest BCUT2D eigenvalue weighted by Crippen LogP contribution is 2.13. The molecule has 2 rings (SSSR count). The third-order valence-corrected chi connectivity index (χ3v) is 4.24. The van der Waals surface area contributed by atoms with E-state index in [1.54, 1.807) is 17.6 Å². The number of rotatable bonds is 8. The Balaban J connectivity index is 0.00000264. The van der Waals surface area contributed by atoms with Gasteiger partial charge in [0, 0.05) is 30.6 Å². The van der Waals surface area contributed by atoms with E-state index in [0.29, 0.717) is 6.54 Å². The predicted molar refractivity (Wildman–Crippen MR) is 107 cm³/mol. The highest BCUT2D eigenvalue weighted by molar-refractivity contribution is 14.0. The largest absolute Gasteiger partial charge is 0.469 e. The second kappa shape index (κ2) is 11.4. The summed E-state index contributed by atoms with van der Waals surface area (Å²) in [7, 11) is 0. The average molecular weight is 448 g/mol. The number of furan rings is 1. The van der Waals surface area contributed by atoms with Gasteiger partial charge in [-0.05, 0) is 25.0 Å². The highest BCUT2D eigenvalue weighted by Gasteiger charge is 2.02. The van der Waals surface area contributed by atoms with Crippen LogP contribution in [0.4, 0.5) is 0 Å². The van der Waals surface area contributed by atoms with Crippen LogP contribution in [0, 0.1) is 0 Å². The van der Waals surface area contributed by atoms with Gasteiger partial charge in [0.1, 0.15) is 10.8 Å². The zero-order valence-corrected chi connectivity index (χ0v) is 16.8. The normalized spacial score (nSPS) is 11.1. The van der Waals surface area contributed by atoms with Crippen molar-refractivity contribution in [2.45, 2.75) is 39.7 Å². The first-order chi connectivity index (χ1) is 10.8. The minimum absolute atomic E-state index is 0. The van der Waals surface area contributed by atoms with Crippen LogP contribution in [0.2, 0.25) is 0 Å². The van der Waals surface area contributed by atoms with E-state index in [9.17, 15) is 0 Å². The van der Waals surface area contributed by atoms with Gasteiger partial charge in [0.05, 0.1) is 12.8 Å². The van der Waals surface area contributed by atoms with Crippen LogP contribution >= 0.6 is 35.3 Å². The molecule has 0 fully saturated rings. The number of guanidine groups is 1. The van der Waals surface area contributed by atoms with Crippen LogP contribution < -0.4 is 10.6 Å². The van der Waals surface area contributed by atoms with Gasteiger partial charge in [-0.1, -0.05) is 13.8 Å². The monoisotopic (exact) mass is 448 g/mol. The van der Waals surface area contributed by atoms with E-state index in [1.807, 2.05) is 18.3 Å². The maximum absolute atomic E-state index is 5.33. The predicted octanol–water partition coefficient (Wildman–Crippen LogP) is 3.60. The van der Waals surface area contributed by atoms with E-state index in [0.717, 1.165) is 49.1 Å². The molecule has 0 bridgehead atoms. The fraction of sp³-hybridized carbons (Fsp3) is 0.500. The van der Waals surface area contributed by atoms with E-state index in [4.69, 9.17) is 4.42 Å². The lowest BCUT2D eigenvalue weighted by atomic mass is 10.3. The topological polar surface area (TPSA) is 62.5 Å². The molecule has 5 nitrogen and oxygen atoms in total.